The summed E-state index contributed by atoms with van der Waals surface area (Å²) in [7, 11) is -0.906. The van der Waals surface area contributed by atoms with Crippen LogP contribution in [0.4, 0.5) is 11.5 Å². The van der Waals surface area contributed by atoms with E-state index < -0.39 is 10.8 Å². The van der Waals surface area contributed by atoms with Crippen LogP contribution in [0.5, 0.6) is 0 Å². The number of nitriles is 1. The number of aromatic nitrogens is 2. The van der Waals surface area contributed by atoms with Gasteiger partial charge in [-0.1, -0.05) is 12.1 Å². The minimum Gasteiger partial charge on any atom is -0.381 e. The molecule has 1 aliphatic rings. The van der Waals surface area contributed by atoms with Crippen molar-refractivity contribution in [2.75, 3.05) is 18.5 Å². The zero-order valence-electron chi connectivity index (χ0n) is 13.1. The molecule has 1 fully saturated rings. The molecule has 7 heteroatoms. The molecule has 2 heterocycles. The molecule has 1 aromatic carbocycles. The molecule has 3 rings (SSSR count). The van der Waals surface area contributed by atoms with E-state index in [9.17, 15) is 4.21 Å². The Balaban J connectivity index is 1.70. The maximum Gasteiger partial charge on any atom is 0.183 e. The van der Waals surface area contributed by atoms with Crippen LogP contribution in [0.2, 0.25) is 0 Å². The molecule has 24 heavy (non-hydrogen) atoms. The van der Waals surface area contributed by atoms with Gasteiger partial charge in [0.2, 0.25) is 0 Å². The predicted molar refractivity (Wildman–Crippen MR) is 92.2 cm³/mol. The first kappa shape index (κ1) is 16.6. The monoisotopic (exact) mass is 342 g/mol. The lowest BCUT2D eigenvalue weighted by Gasteiger charge is -2.21. The van der Waals surface area contributed by atoms with Crippen molar-refractivity contribution in [3.8, 4) is 6.07 Å². The van der Waals surface area contributed by atoms with E-state index in [0.29, 0.717) is 24.8 Å². The molecular weight excluding hydrogens is 324 g/mol. The van der Waals surface area contributed by atoms with Gasteiger partial charge in [-0.25, -0.2) is 9.97 Å². The number of anilines is 2. The minimum atomic E-state index is -0.906. The number of hydrogen-bond acceptors (Lipinski definition) is 6. The first-order chi connectivity index (χ1) is 11.8. The standard InChI is InChI=1S/C17H18N4O2S/c18-11-16-17(20-7-6-19-16)21-14-3-1-2-13(10-14)12-24(22)15-4-8-23-9-5-15/h1-3,6-7,10,15H,4-5,8-9,12H2,(H,20,21)/t24-/m0/s1. The highest BCUT2D eigenvalue weighted by atomic mass is 32.2. The summed E-state index contributed by atoms with van der Waals surface area (Å²) in [4.78, 5) is 8.12. The summed E-state index contributed by atoms with van der Waals surface area (Å²) in [5, 5.41) is 12.4. The lowest BCUT2D eigenvalue weighted by molar-refractivity contribution is 0.0992. The molecule has 0 aliphatic carbocycles. The fourth-order valence-corrected chi connectivity index (χ4v) is 4.07. The van der Waals surface area contributed by atoms with Crippen molar-refractivity contribution in [1.82, 2.24) is 9.97 Å². The van der Waals surface area contributed by atoms with Crippen LogP contribution in [0.25, 0.3) is 0 Å². The molecule has 0 unspecified atom stereocenters. The average molecular weight is 342 g/mol. The second kappa shape index (κ2) is 7.99. The number of nitrogens with one attached hydrogen (secondary N) is 1. The van der Waals surface area contributed by atoms with E-state index in [-0.39, 0.29) is 10.9 Å². The molecule has 124 valence electrons. The van der Waals surface area contributed by atoms with Gasteiger partial charge in [0, 0.05) is 53.1 Å². The summed E-state index contributed by atoms with van der Waals surface area (Å²) in [5.41, 5.74) is 2.04. The van der Waals surface area contributed by atoms with Gasteiger partial charge in [-0.3, -0.25) is 4.21 Å². The van der Waals surface area contributed by atoms with Gasteiger partial charge in [0.05, 0.1) is 0 Å². The molecule has 0 bridgehead atoms. The predicted octanol–water partition coefficient (Wildman–Crippen LogP) is 2.52. The normalized spacial score (nSPS) is 16.3. The molecule has 1 N–H and O–H groups in total. The van der Waals surface area contributed by atoms with Crippen LogP contribution < -0.4 is 5.32 Å². The third kappa shape index (κ3) is 4.16. The van der Waals surface area contributed by atoms with E-state index >= 15 is 0 Å². The van der Waals surface area contributed by atoms with Gasteiger partial charge >= 0.3 is 0 Å². The lowest BCUT2D eigenvalue weighted by Crippen LogP contribution is -2.25. The fourth-order valence-electron chi connectivity index (χ4n) is 2.61. The summed E-state index contributed by atoms with van der Waals surface area (Å²) in [6.07, 6.45) is 4.73. The van der Waals surface area contributed by atoms with Crippen molar-refractivity contribution < 1.29 is 8.95 Å². The van der Waals surface area contributed by atoms with Crippen LogP contribution in [-0.2, 0) is 21.3 Å². The Morgan fingerprint density at radius 1 is 1.29 bits per heavy atom. The maximum atomic E-state index is 12.5. The van der Waals surface area contributed by atoms with Crippen LogP contribution in [0.1, 0.15) is 24.1 Å². The zero-order chi connectivity index (χ0) is 16.8. The van der Waals surface area contributed by atoms with Gasteiger partial charge < -0.3 is 10.1 Å². The van der Waals surface area contributed by atoms with E-state index in [1.54, 1.807) is 0 Å². The van der Waals surface area contributed by atoms with Gasteiger partial charge in [-0.2, -0.15) is 5.26 Å². The average Bonchev–Trinajstić information content (AvgIpc) is 2.63. The first-order valence-corrected chi connectivity index (χ1v) is 9.16. The number of benzene rings is 1. The Morgan fingerprint density at radius 2 is 2.08 bits per heavy atom. The largest absolute Gasteiger partial charge is 0.381 e. The Hall–Kier alpha value is -2.30. The first-order valence-electron chi connectivity index (χ1n) is 7.78. The second-order valence-corrected chi connectivity index (χ2v) is 7.24. The summed E-state index contributed by atoms with van der Waals surface area (Å²) >= 11 is 0. The number of hydrogen-bond donors (Lipinski definition) is 1. The highest BCUT2D eigenvalue weighted by Gasteiger charge is 2.20. The Labute approximate surface area is 143 Å². The molecule has 1 aliphatic heterocycles. The van der Waals surface area contributed by atoms with Crippen LogP contribution >= 0.6 is 0 Å². The van der Waals surface area contributed by atoms with Crippen LogP contribution in [-0.4, -0.2) is 32.6 Å². The Bertz CT molecular complexity index is 769. The SMILES string of the molecule is N#Cc1nccnc1Nc1cccc(C[S@](=O)C2CCOCC2)c1. The number of ether oxygens (including phenoxy) is 1. The number of rotatable bonds is 5. The zero-order valence-corrected chi connectivity index (χ0v) is 14.0. The molecule has 0 spiro atoms. The Morgan fingerprint density at radius 3 is 2.88 bits per heavy atom. The van der Waals surface area contributed by atoms with Gasteiger partial charge in [0.25, 0.3) is 0 Å². The van der Waals surface area contributed by atoms with Gasteiger partial charge in [-0.15, -0.1) is 0 Å². The maximum absolute atomic E-state index is 12.5. The van der Waals surface area contributed by atoms with Crippen LogP contribution in [0.15, 0.2) is 36.7 Å². The summed E-state index contributed by atoms with van der Waals surface area (Å²) in [6, 6.07) is 9.70. The van der Waals surface area contributed by atoms with Crippen molar-refractivity contribution >= 4 is 22.3 Å². The highest BCUT2D eigenvalue weighted by Crippen LogP contribution is 2.21. The van der Waals surface area contributed by atoms with Crippen molar-refractivity contribution in [1.29, 1.82) is 5.26 Å². The van der Waals surface area contributed by atoms with Gasteiger partial charge in [0.1, 0.15) is 6.07 Å². The summed E-state index contributed by atoms with van der Waals surface area (Å²) in [6.45, 7) is 1.39. The van der Waals surface area contributed by atoms with Gasteiger partial charge in [-0.05, 0) is 30.5 Å². The van der Waals surface area contributed by atoms with E-state index in [1.807, 2.05) is 30.3 Å². The fraction of sp³-hybridized carbons (Fsp3) is 0.353. The van der Waals surface area contributed by atoms with Gasteiger partial charge in [0.15, 0.2) is 11.5 Å². The van der Waals surface area contributed by atoms with Crippen molar-refractivity contribution in [3.63, 3.8) is 0 Å². The molecule has 1 aromatic heterocycles. The molecule has 1 atom stereocenters. The summed E-state index contributed by atoms with van der Waals surface area (Å²) < 4.78 is 17.8. The molecule has 6 nitrogen and oxygen atoms in total. The molecule has 0 amide bonds. The number of nitrogens with zero attached hydrogens (tertiary/aromatic N) is 3. The lowest BCUT2D eigenvalue weighted by atomic mass is 10.2. The second-order valence-electron chi connectivity index (χ2n) is 5.53. The van der Waals surface area contributed by atoms with E-state index in [0.717, 1.165) is 24.1 Å². The smallest absolute Gasteiger partial charge is 0.183 e. The molecule has 2 aromatic rings. The van der Waals surface area contributed by atoms with E-state index in [1.165, 1.54) is 12.4 Å². The van der Waals surface area contributed by atoms with E-state index in [4.69, 9.17) is 10.00 Å². The van der Waals surface area contributed by atoms with Crippen molar-refractivity contribution in [2.24, 2.45) is 0 Å². The van der Waals surface area contributed by atoms with Crippen molar-refractivity contribution in [2.45, 2.75) is 23.8 Å². The third-order valence-corrected chi connectivity index (χ3v) is 5.68. The van der Waals surface area contributed by atoms with Crippen molar-refractivity contribution in [3.05, 3.63) is 47.9 Å². The molecular formula is C17H18N4O2S. The van der Waals surface area contributed by atoms with Crippen LogP contribution in [0, 0.1) is 11.3 Å². The minimum absolute atomic E-state index is 0.209. The molecule has 0 radical (unpaired) electrons. The van der Waals surface area contributed by atoms with E-state index in [2.05, 4.69) is 15.3 Å². The molecule has 0 saturated carbocycles. The molecule has 1 saturated heterocycles. The summed E-state index contributed by atoms with van der Waals surface area (Å²) in [5.74, 6) is 0.939. The topological polar surface area (TPSA) is 87.9 Å². The third-order valence-electron chi connectivity index (χ3n) is 3.84. The quantitative estimate of drug-likeness (QED) is 0.898. The van der Waals surface area contributed by atoms with Crippen LogP contribution in [0.3, 0.4) is 0 Å². The highest BCUT2D eigenvalue weighted by molar-refractivity contribution is 7.84. The Kier molecular flexibility index (Phi) is 5.51.